The van der Waals surface area contributed by atoms with Crippen LogP contribution in [0.4, 0.5) is 21.8 Å². The van der Waals surface area contributed by atoms with Crippen molar-refractivity contribution in [1.82, 2.24) is 19.8 Å². The van der Waals surface area contributed by atoms with E-state index in [0.29, 0.717) is 44.4 Å². The van der Waals surface area contributed by atoms with Crippen LogP contribution in [0.5, 0.6) is 5.75 Å². The largest absolute Gasteiger partial charge is 0.484 e. The Hall–Kier alpha value is -3.91. The number of rotatable bonds is 6. The lowest BCUT2D eigenvalue weighted by atomic mass is 9.89. The molecule has 2 fully saturated rings. The lowest BCUT2D eigenvalue weighted by Gasteiger charge is -2.47. The lowest BCUT2D eigenvalue weighted by molar-refractivity contribution is -0.128. The number of nitrogens with zero attached hydrogens (tertiary/aromatic N) is 8. The number of anilines is 3. The number of carbonyl (C=O) groups is 1. The quantitative estimate of drug-likeness (QED) is 0.473. The molecule has 2 aromatic rings. The van der Waals surface area contributed by atoms with E-state index in [1.807, 2.05) is 0 Å². The molecule has 2 unspecified atom stereocenters. The van der Waals surface area contributed by atoms with Crippen LogP contribution in [0.1, 0.15) is 37.9 Å². The van der Waals surface area contributed by atoms with Crippen LogP contribution in [0, 0.1) is 17.1 Å². The number of piperazine rings is 1. The number of aromatic nitrogens is 2. The Morgan fingerprint density at radius 3 is 2.74 bits per heavy atom. The molecule has 1 aromatic carbocycles. The van der Waals surface area contributed by atoms with Crippen LogP contribution >= 0.6 is 0 Å². The van der Waals surface area contributed by atoms with Gasteiger partial charge in [-0.05, 0) is 59.0 Å². The van der Waals surface area contributed by atoms with E-state index in [0.717, 1.165) is 54.6 Å². The van der Waals surface area contributed by atoms with Gasteiger partial charge in [-0.15, -0.1) is 0 Å². The molecule has 228 valence electrons. The van der Waals surface area contributed by atoms with Gasteiger partial charge < -0.3 is 29.2 Å². The third kappa shape index (κ3) is 5.60. The van der Waals surface area contributed by atoms with Gasteiger partial charge in [0.05, 0.1) is 36.5 Å². The molecule has 10 nitrogen and oxygen atoms in total. The summed E-state index contributed by atoms with van der Waals surface area (Å²) in [5.74, 6) is 1.92. The molecule has 2 atom stereocenters. The van der Waals surface area contributed by atoms with E-state index in [2.05, 4.69) is 60.2 Å². The molecule has 4 aliphatic rings. The number of likely N-dealkylation sites (N-methyl/N-ethyl adjacent to an activating group) is 1. The second-order valence-electron chi connectivity index (χ2n) is 13.0. The minimum absolute atomic E-state index is 0.131. The maximum absolute atomic E-state index is 14.4. The fourth-order valence-corrected chi connectivity index (χ4v) is 6.87. The van der Waals surface area contributed by atoms with Crippen LogP contribution < -0.4 is 19.4 Å². The van der Waals surface area contributed by atoms with Gasteiger partial charge in [0.15, 0.2) is 0 Å². The number of benzene rings is 1. The molecule has 1 aliphatic carbocycles. The Labute approximate surface area is 253 Å². The molecule has 0 saturated carbocycles. The van der Waals surface area contributed by atoms with Gasteiger partial charge in [-0.3, -0.25) is 4.79 Å². The third-order valence-electron chi connectivity index (χ3n) is 9.27. The molecule has 0 spiro atoms. The number of halogens is 1. The van der Waals surface area contributed by atoms with Gasteiger partial charge in [-0.25, -0.2) is 9.37 Å². The third-order valence-corrected chi connectivity index (χ3v) is 9.27. The zero-order chi connectivity index (χ0) is 30.5. The molecule has 3 aliphatic heterocycles. The van der Waals surface area contributed by atoms with Crippen molar-refractivity contribution in [2.75, 3.05) is 68.1 Å². The van der Waals surface area contributed by atoms with Crippen molar-refractivity contribution in [2.24, 2.45) is 0 Å². The zero-order valence-electron chi connectivity index (χ0n) is 25.6. The van der Waals surface area contributed by atoms with Crippen molar-refractivity contribution in [3.8, 4) is 11.8 Å². The Bertz CT molecular complexity index is 1450. The first-order chi connectivity index (χ1) is 20.6. The molecule has 2 saturated heterocycles. The minimum Gasteiger partial charge on any atom is -0.484 e. The summed E-state index contributed by atoms with van der Waals surface area (Å²) < 4.78 is 20.6. The van der Waals surface area contributed by atoms with E-state index in [9.17, 15) is 14.4 Å². The second-order valence-corrected chi connectivity index (χ2v) is 13.0. The summed E-state index contributed by atoms with van der Waals surface area (Å²) in [6, 6.07) is 7.37. The van der Waals surface area contributed by atoms with E-state index >= 15 is 0 Å². The Kier molecular flexibility index (Phi) is 7.67. The van der Waals surface area contributed by atoms with Crippen molar-refractivity contribution in [3.63, 3.8) is 0 Å². The van der Waals surface area contributed by atoms with Gasteiger partial charge in [0, 0.05) is 62.9 Å². The smallest absolute Gasteiger partial charge is 0.246 e. The Morgan fingerprint density at radius 2 is 2.02 bits per heavy atom. The molecule has 0 radical (unpaired) electrons. The fraction of sp³-hybridized carbons (Fsp3) is 0.562. The van der Waals surface area contributed by atoms with E-state index < -0.39 is 5.60 Å². The number of nitriles is 1. The zero-order valence-corrected chi connectivity index (χ0v) is 25.6. The van der Waals surface area contributed by atoms with Gasteiger partial charge in [0.25, 0.3) is 0 Å². The highest BCUT2D eigenvalue weighted by atomic mass is 19.1. The predicted molar refractivity (Wildman–Crippen MR) is 164 cm³/mol. The standard InChI is InChI=1S/C32H41FN8O2/c1-6-29(42)40-14-13-38(17-23(40)11-12-34)30-25-9-8-22(16-26(25)35-31(36-30)39-18-24(19-39)37(4)5)41-20-32(2,3)43-28-10-7-21(33)15-27(28)41/h6-7,10,15,22-24H,1,8-9,11,13-14,16-20H2,2-5H3. The van der Waals surface area contributed by atoms with Crippen molar-refractivity contribution in [2.45, 2.75) is 63.3 Å². The number of carbonyl (C=O) groups excluding carboxylic acids is 1. The van der Waals surface area contributed by atoms with Crippen LogP contribution in [0.15, 0.2) is 30.9 Å². The molecule has 0 N–H and O–H groups in total. The van der Waals surface area contributed by atoms with Crippen molar-refractivity contribution in [1.29, 1.82) is 5.26 Å². The molecular weight excluding hydrogens is 547 g/mol. The summed E-state index contributed by atoms with van der Waals surface area (Å²) in [7, 11) is 4.19. The molecular formula is C32H41FN8O2. The van der Waals surface area contributed by atoms with Gasteiger partial charge in [0.2, 0.25) is 11.9 Å². The number of hydrogen-bond donors (Lipinski definition) is 0. The van der Waals surface area contributed by atoms with Crippen LogP contribution in [0.2, 0.25) is 0 Å². The lowest BCUT2D eigenvalue weighted by Crippen LogP contribution is -2.58. The molecule has 4 heterocycles. The number of fused-ring (bicyclic) bond motifs is 2. The highest BCUT2D eigenvalue weighted by Gasteiger charge is 2.40. The van der Waals surface area contributed by atoms with Crippen LogP contribution in [0.25, 0.3) is 0 Å². The summed E-state index contributed by atoms with van der Waals surface area (Å²) in [5, 5.41) is 9.54. The van der Waals surface area contributed by atoms with Crippen molar-refractivity contribution in [3.05, 3.63) is 47.9 Å². The topological polar surface area (TPSA) is 92.1 Å². The summed E-state index contributed by atoms with van der Waals surface area (Å²) in [6.07, 6.45) is 3.95. The second kappa shape index (κ2) is 11.3. The Balaban J connectivity index is 1.34. The van der Waals surface area contributed by atoms with Crippen LogP contribution in [0.3, 0.4) is 0 Å². The van der Waals surface area contributed by atoms with Crippen molar-refractivity contribution < 1.29 is 13.9 Å². The molecule has 11 heteroatoms. The van der Waals surface area contributed by atoms with E-state index in [1.54, 1.807) is 17.0 Å². The molecule has 43 heavy (non-hydrogen) atoms. The van der Waals surface area contributed by atoms with E-state index in [-0.39, 0.29) is 30.2 Å². The molecule has 1 aromatic heterocycles. The fourth-order valence-electron chi connectivity index (χ4n) is 6.87. The number of amides is 1. The maximum Gasteiger partial charge on any atom is 0.246 e. The number of hydrogen-bond acceptors (Lipinski definition) is 9. The van der Waals surface area contributed by atoms with Crippen LogP contribution in [-0.2, 0) is 17.6 Å². The van der Waals surface area contributed by atoms with E-state index in [4.69, 9.17) is 14.7 Å². The predicted octanol–water partition coefficient (Wildman–Crippen LogP) is 3.02. The van der Waals surface area contributed by atoms with Crippen LogP contribution in [-0.4, -0.2) is 103 Å². The first kappa shape index (κ1) is 29.2. The first-order valence-electron chi connectivity index (χ1n) is 15.2. The average molecular weight is 589 g/mol. The average Bonchev–Trinajstić information content (AvgIpc) is 2.94. The summed E-state index contributed by atoms with van der Waals surface area (Å²) in [6.45, 7) is 11.8. The monoisotopic (exact) mass is 588 g/mol. The van der Waals surface area contributed by atoms with Gasteiger partial charge >= 0.3 is 0 Å². The minimum atomic E-state index is -0.412. The molecule has 1 amide bonds. The normalized spacial score (nSPS) is 23.2. The van der Waals surface area contributed by atoms with E-state index in [1.165, 1.54) is 12.1 Å². The highest BCUT2D eigenvalue weighted by Crippen LogP contribution is 2.42. The number of ether oxygens (including phenoxy) is 1. The van der Waals surface area contributed by atoms with Crippen molar-refractivity contribution >= 4 is 23.4 Å². The summed E-state index contributed by atoms with van der Waals surface area (Å²) in [5.41, 5.74) is 2.54. The summed E-state index contributed by atoms with van der Waals surface area (Å²) >= 11 is 0. The SMILES string of the molecule is C=CC(=O)N1CCN(c2nc(N3CC(N(C)C)C3)nc3c2CCC(N2CC(C)(C)Oc4ccc(F)cc42)C3)CC1CC#N. The molecule has 0 bridgehead atoms. The van der Waals surface area contributed by atoms with Gasteiger partial charge in [0.1, 0.15) is 23.0 Å². The maximum atomic E-state index is 14.4. The van der Waals surface area contributed by atoms with Gasteiger partial charge in [-0.1, -0.05) is 6.58 Å². The summed E-state index contributed by atoms with van der Waals surface area (Å²) in [4.78, 5) is 33.6. The van der Waals surface area contributed by atoms with Gasteiger partial charge in [-0.2, -0.15) is 10.2 Å². The molecule has 6 rings (SSSR count). The first-order valence-corrected chi connectivity index (χ1v) is 15.2. The highest BCUT2D eigenvalue weighted by molar-refractivity contribution is 5.87. The Morgan fingerprint density at radius 1 is 1.23 bits per heavy atom.